The Balaban J connectivity index is 2.65. The minimum Gasteiger partial charge on any atom is -0.459 e. The van der Waals surface area contributed by atoms with Gasteiger partial charge in [0.1, 0.15) is 12.1 Å². The molecule has 0 saturated heterocycles. The van der Waals surface area contributed by atoms with Crippen molar-refractivity contribution >= 4 is 11.7 Å². The molecule has 1 aromatic rings. The lowest BCUT2D eigenvalue weighted by molar-refractivity contribution is -0.152. The van der Waals surface area contributed by atoms with Gasteiger partial charge in [0.05, 0.1) is 0 Å². The van der Waals surface area contributed by atoms with Crippen molar-refractivity contribution in [2.24, 2.45) is 0 Å². The van der Waals surface area contributed by atoms with Crippen LogP contribution in [0.3, 0.4) is 0 Å². The summed E-state index contributed by atoms with van der Waals surface area (Å²) in [6.45, 7) is 14.6. The highest BCUT2D eigenvalue weighted by atomic mass is 16.6. The van der Waals surface area contributed by atoms with Gasteiger partial charge >= 0.3 is 5.97 Å². The highest BCUT2D eigenvalue weighted by Crippen LogP contribution is 2.28. The van der Waals surface area contributed by atoms with Crippen molar-refractivity contribution in [2.45, 2.75) is 78.2 Å². The standard InChI is InChI=1S/C23H37NO2/c1-8-10-18(3)11-12-19(9-2)20-13-15-21(16-14-20)24(7)17-22(25)26-23(4,5)6/h13-16,19H,3,8-12,17H2,1-2,4-7H3/t19-/m0/s1. The van der Waals surface area contributed by atoms with E-state index in [4.69, 9.17) is 4.74 Å². The Morgan fingerprint density at radius 2 is 1.77 bits per heavy atom. The van der Waals surface area contributed by atoms with Gasteiger partial charge in [-0.15, -0.1) is 0 Å². The number of esters is 1. The van der Waals surface area contributed by atoms with Crippen LogP contribution in [0.4, 0.5) is 5.69 Å². The van der Waals surface area contributed by atoms with E-state index in [0.717, 1.165) is 31.4 Å². The topological polar surface area (TPSA) is 29.5 Å². The van der Waals surface area contributed by atoms with Gasteiger partial charge < -0.3 is 9.64 Å². The number of hydrogen-bond acceptors (Lipinski definition) is 3. The van der Waals surface area contributed by atoms with E-state index < -0.39 is 5.60 Å². The molecule has 0 heterocycles. The molecule has 3 heteroatoms. The number of carbonyl (C=O) groups excluding carboxylic acids is 1. The molecule has 0 saturated carbocycles. The van der Waals surface area contributed by atoms with Crippen LogP contribution in [0.15, 0.2) is 36.4 Å². The number of hydrogen-bond donors (Lipinski definition) is 0. The van der Waals surface area contributed by atoms with E-state index in [1.54, 1.807) is 0 Å². The van der Waals surface area contributed by atoms with Crippen LogP contribution < -0.4 is 4.90 Å². The Morgan fingerprint density at radius 1 is 1.15 bits per heavy atom. The zero-order chi connectivity index (χ0) is 19.7. The van der Waals surface area contributed by atoms with Gasteiger partial charge in [-0.2, -0.15) is 0 Å². The normalized spacial score (nSPS) is 12.5. The third-order valence-corrected chi connectivity index (χ3v) is 4.53. The fourth-order valence-electron chi connectivity index (χ4n) is 3.12. The first kappa shape index (κ1) is 22.3. The first-order valence-electron chi connectivity index (χ1n) is 9.85. The number of nitrogens with zero attached hydrogens (tertiary/aromatic N) is 1. The van der Waals surface area contributed by atoms with Gasteiger partial charge in [0.25, 0.3) is 0 Å². The molecule has 0 radical (unpaired) electrons. The van der Waals surface area contributed by atoms with Crippen LogP contribution in [0.5, 0.6) is 0 Å². The Labute approximate surface area is 160 Å². The van der Waals surface area contributed by atoms with Crippen LogP contribution in [0, 0.1) is 0 Å². The maximum Gasteiger partial charge on any atom is 0.326 e. The smallest absolute Gasteiger partial charge is 0.326 e. The zero-order valence-electron chi connectivity index (χ0n) is 17.6. The first-order chi connectivity index (χ1) is 12.2. The molecule has 1 aromatic carbocycles. The molecule has 146 valence electrons. The summed E-state index contributed by atoms with van der Waals surface area (Å²) < 4.78 is 5.39. The van der Waals surface area contributed by atoms with Gasteiger partial charge in [-0.25, -0.2) is 0 Å². The Hall–Kier alpha value is -1.77. The zero-order valence-corrected chi connectivity index (χ0v) is 17.6. The molecule has 0 aliphatic carbocycles. The third kappa shape index (κ3) is 8.07. The SMILES string of the molecule is C=C(CCC)CC[C@H](CC)c1ccc(N(C)CC(=O)OC(C)(C)C)cc1. The molecular weight excluding hydrogens is 322 g/mol. The largest absolute Gasteiger partial charge is 0.459 e. The summed E-state index contributed by atoms with van der Waals surface area (Å²) in [5.41, 5.74) is 3.31. The molecule has 1 atom stereocenters. The number of anilines is 1. The monoisotopic (exact) mass is 359 g/mol. The summed E-state index contributed by atoms with van der Waals surface area (Å²) in [6, 6.07) is 8.59. The van der Waals surface area contributed by atoms with Crippen LogP contribution >= 0.6 is 0 Å². The molecule has 0 bridgehead atoms. The molecule has 0 aliphatic heterocycles. The third-order valence-electron chi connectivity index (χ3n) is 4.53. The molecule has 26 heavy (non-hydrogen) atoms. The van der Waals surface area contributed by atoms with E-state index in [2.05, 4.69) is 44.7 Å². The number of likely N-dealkylation sites (N-methyl/N-ethyl adjacent to an activating group) is 1. The van der Waals surface area contributed by atoms with Gasteiger partial charge in [0.2, 0.25) is 0 Å². The van der Waals surface area contributed by atoms with E-state index in [1.165, 1.54) is 17.6 Å². The van der Waals surface area contributed by atoms with Crippen molar-refractivity contribution in [1.82, 2.24) is 0 Å². The molecular formula is C23H37NO2. The number of rotatable bonds is 10. The number of allylic oxidation sites excluding steroid dienone is 1. The molecule has 3 nitrogen and oxygen atoms in total. The Morgan fingerprint density at radius 3 is 2.27 bits per heavy atom. The molecule has 0 fully saturated rings. The van der Waals surface area contributed by atoms with Crippen molar-refractivity contribution in [2.75, 3.05) is 18.5 Å². The maximum absolute atomic E-state index is 12.0. The van der Waals surface area contributed by atoms with Crippen molar-refractivity contribution in [1.29, 1.82) is 0 Å². The molecule has 0 amide bonds. The Kier molecular flexibility index (Phi) is 8.91. The first-order valence-corrected chi connectivity index (χ1v) is 9.85. The van der Waals surface area contributed by atoms with Crippen molar-refractivity contribution in [3.8, 4) is 0 Å². The second-order valence-corrected chi connectivity index (χ2v) is 8.18. The fourth-order valence-corrected chi connectivity index (χ4v) is 3.12. The summed E-state index contributed by atoms with van der Waals surface area (Å²) >= 11 is 0. The summed E-state index contributed by atoms with van der Waals surface area (Å²) in [5, 5.41) is 0. The summed E-state index contributed by atoms with van der Waals surface area (Å²) in [5.74, 6) is 0.360. The Bertz CT molecular complexity index is 569. The van der Waals surface area contributed by atoms with Crippen LogP contribution in [0.1, 0.15) is 78.2 Å². The quantitative estimate of drug-likeness (QED) is 0.374. The van der Waals surface area contributed by atoms with Gasteiger partial charge in [-0.3, -0.25) is 4.79 Å². The lowest BCUT2D eigenvalue weighted by atomic mass is 9.89. The van der Waals surface area contributed by atoms with Crippen LogP contribution in [0.2, 0.25) is 0 Å². The molecule has 0 unspecified atom stereocenters. The van der Waals surface area contributed by atoms with Crippen LogP contribution in [0.25, 0.3) is 0 Å². The average molecular weight is 360 g/mol. The van der Waals surface area contributed by atoms with E-state index in [9.17, 15) is 4.79 Å². The predicted molar refractivity (Wildman–Crippen MR) is 112 cm³/mol. The van der Waals surface area contributed by atoms with Crippen LogP contribution in [-0.4, -0.2) is 25.2 Å². The highest BCUT2D eigenvalue weighted by Gasteiger charge is 2.18. The molecule has 0 spiro atoms. The second kappa shape index (κ2) is 10.4. The number of benzene rings is 1. The number of carbonyl (C=O) groups is 1. The van der Waals surface area contributed by atoms with Crippen molar-refractivity contribution in [3.63, 3.8) is 0 Å². The summed E-state index contributed by atoms with van der Waals surface area (Å²) in [6.07, 6.45) is 5.70. The highest BCUT2D eigenvalue weighted by molar-refractivity contribution is 5.76. The second-order valence-electron chi connectivity index (χ2n) is 8.18. The van der Waals surface area contributed by atoms with Crippen LogP contribution in [-0.2, 0) is 9.53 Å². The average Bonchev–Trinajstić information content (AvgIpc) is 2.54. The van der Waals surface area contributed by atoms with Gasteiger partial charge in [-0.1, -0.05) is 44.6 Å². The molecule has 0 aliphatic rings. The fraction of sp³-hybridized carbons (Fsp3) is 0.609. The predicted octanol–water partition coefficient (Wildman–Crippen LogP) is 6.09. The molecule has 0 aromatic heterocycles. The van der Waals surface area contributed by atoms with E-state index >= 15 is 0 Å². The number of ether oxygens (including phenoxy) is 1. The van der Waals surface area contributed by atoms with Crippen molar-refractivity contribution < 1.29 is 9.53 Å². The van der Waals surface area contributed by atoms with Gasteiger partial charge in [0, 0.05) is 12.7 Å². The lowest BCUT2D eigenvalue weighted by Gasteiger charge is -2.24. The summed E-state index contributed by atoms with van der Waals surface area (Å²) in [7, 11) is 1.92. The van der Waals surface area contributed by atoms with Gasteiger partial charge in [0.15, 0.2) is 0 Å². The van der Waals surface area contributed by atoms with E-state index in [0.29, 0.717) is 5.92 Å². The molecule has 1 rings (SSSR count). The van der Waals surface area contributed by atoms with E-state index in [-0.39, 0.29) is 12.5 Å². The van der Waals surface area contributed by atoms with Crippen molar-refractivity contribution in [3.05, 3.63) is 42.0 Å². The summed E-state index contributed by atoms with van der Waals surface area (Å²) in [4.78, 5) is 13.9. The van der Waals surface area contributed by atoms with E-state index in [1.807, 2.05) is 32.7 Å². The minimum atomic E-state index is -0.447. The van der Waals surface area contributed by atoms with Gasteiger partial charge in [-0.05, 0) is 70.1 Å². The molecule has 0 N–H and O–H groups in total. The maximum atomic E-state index is 12.0. The minimum absolute atomic E-state index is 0.204. The lowest BCUT2D eigenvalue weighted by Crippen LogP contribution is -2.32.